The van der Waals surface area contributed by atoms with Gasteiger partial charge in [-0.2, -0.15) is 0 Å². The normalized spacial score (nSPS) is 18.4. The second-order valence-corrected chi connectivity index (χ2v) is 3.72. The largest absolute Gasteiger partial charge is 0.379 e. The Labute approximate surface area is 90.5 Å². The van der Waals surface area contributed by atoms with E-state index in [1.807, 2.05) is 15.1 Å². The van der Waals surface area contributed by atoms with Crippen molar-refractivity contribution in [1.82, 2.24) is 14.6 Å². The third-order valence-electron chi connectivity index (χ3n) is 2.32. The van der Waals surface area contributed by atoms with Gasteiger partial charge < -0.3 is 14.6 Å². The molecule has 75 valence electrons. The van der Waals surface area contributed by atoms with E-state index in [0.717, 1.165) is 13.1 Å². The molecule has 0 spiro atoms. The maximum Gasteiger partial charge on any atom is 0.290 e. The van der Waals surface area contributed by atoms with E-state index >= 15 is 0 Å². The molecule has 1 rings (SSSR count). The molecule has 1 N–H and O–H groups in total. The molecule has 0 aromatic heterocycles. The van der Waals surface area contributed by atoms with Gasteiger partial charge in [0.2, 0.25) is 0 Å². The van der Waals surface area contributed by atoms with E-state index in [4.69, 9.17) is 0 Å². The van der Waals surface area contributed by atoms with Crippen LogP contribution < -0.4 is 5.14 Å². The minimum absolute atomic E-state index is 1.11. The van der Waals surface area contributed by atoms with E-state index in [-0.39, 0.29) is 0 Å². The first-order chi connectivity index (χ1) is 6.86. The van der Waals surface area contributed by atoms with Gasteiger partial charge in [-0.05, 0) is 25.9 Å². The van der Waals surface area contributed by atoms with Crippen LogP contribution in [0.4, 0.5) is 0 Å². The summed E-state index contributed by atoms with van der Waals surface area (Å²) in [6.07, 6.45) is 4.99. The monoisotopic (exact) mass is 190 g/mol. The summed E-state index contributed by atoms with van der Waals surface area (Å²) in [7, 11) is 6.23. The highest BCUT2D eigenvalue weighted by Crippen LogP contribution is 1.98. The lowest BCUT2D eigenvalue weighted by molar-refractivity contribution is 0.524. The first kappa shape index (κ1) is 12.1. The van der Waals surface area contributed by atoms with Gasteiger partial charge in [-0.1, -0.05) is 26.7 Å². The lowest BCUT2D eigenvalue weighted by atomic mass is 9.77. The Morgan fingerprint density at radius 1 is 0.929 bits per heavy atom. The summed E-state index contributed by atoms with van der Waals surface area (Å²) >= 11 is 0. The van der Waals surface area contributed by atoms with Gasteiger partial charge in [0, 0.05) is 0 Å². The average Bonchev–Trinajstić information content (AvgIpc) is 2.24. The van der Waals surface area contributed by atoms with Crippen LogP contribution >= 0.6 is 0 Å². The zero-order chi connectivity index (χ0) is 10.2. The summed E-state index contributed by atoms with van der Waals surface area (Å²) in [4.78, 5) is 0. The van der Waals surface area contributed by atoms with Crippen molar-refractivity contribution < 1.29 is 0 Å². The van der Waals surface area contributed by atoms with Crippen molar-refractivity contribution in [3.8, 4) is 0 Å². The van der Waals surface area contributed by atoms with E-state index in [0.29, 0.717) is 0 Å². The third kappa shape index (κ3) is 4.53. The van der Waals surface area contributed by atoms with Gasteiger partial charge in [0.15, 0.2) is 0 Å². The molecule has 0 aromatic rings. The minimum Gasteiger partial charge on any atom is -0.379 e. The van der Waals surface area contributed by atoms with Crippen molar-refractivity contribution in [2.45, 2.75) is 39.5 Å². The first-order valence-corrected chi connectivity index (χ1v) is 5.66. The lowest BCUT2D eigenvalue weighted by Gasteiger charge is -2.33. The number of nitrogens with zero attached hydrogens (tertiary/aromatic N) is 2. The van der Waals surface area contributed by atoms with E-state index < -0.39 is 0 Å². The van der Waals surface area contributed by atoms with Crippen LogP contribution in [-0.4, -0.2) is 45.2 Å². The SMILES string of the molecule is CCCCN1[B]N[B]N(CCCC)[B]1. The first-order valence-electron chi connectivity index (χ1n) is 5.66. The van der Waals surface area contributed by atoms with Crippen LogP contribution in [0.1, 0.15) is 39.5 Å². The number of hydrogen-bond donors (Lipinski definition) is 1. The summed E-state index contributed by atoms with van der Waals surface area (Å²) in [6.45, 7) is 6.66. The van der Waals surface area contributed by atoms with Crippen molar-refractivity contribution in [3.05, 3.63) is 0 Å². The fraction of sp³-hybridized carbons (Fsp3) is 1.00. The van der Waals surface area contributed by atoms with Crippen LogP contribution in [0.2, 0.25) is 0 Å². The summed E-state index contributed by atoms with van der Waals surface area (Å²) in [6, 6.07) is 0. The molecule has 14 heavy (non-hydrogen) atoms. The number of hydrogen-bond acceptors (Lipinski definition) is 3. The molecule has 1 aliphatic rings. The predicted octanol–water partition coefficient (Wildman–Crippen LogP) is 0.396. The number of rotatable bonds is 6. The van der Waals surface area contributed by atoms with E-state index in [9.17, 15) is 0 Å². The topological polar surface area (TPSA) is 18.5 Å². The van der Waals surface area contributed by atoms with Crippen LogP contribution in [0.15, 0.2) is 0 Å². The van der Waals surface area contributed by atoms with Crippen molar-refractivity contribution in [2.24, 2.45) is 0 Å². The second-order valence-electron chi connectivity index (χ2n) is 3.72. The third-order valence-corrected chi connectivity index (χ3v) is 2.32. The van der Waals surface area contributed by atoms with Gasteiger partial charge in [0.1, 0.15) is 0 Å². The van der Waals surface area contributed by atoms with E-state index in [1.165, 1.54) is 25.7 Å². The standard InChI is InChI=1S/C8H19B3N3/c1-3-5-7-13-9-12-10-14(11-13)8-6-4-2/h12H,3-8H2,1-2H3. The summed E-state index contributed by atoms with van der Waals surface area (Å²) in [5.41, 5.74) is 0. The van der Waals surface area contributed by atoms with Gasteiger partial charge >= 0.3 is 0 Å². The van der Waals surface area contributed by atoms with Gasteiger partial charge in [-0.15, -0.1) is 0 Å². The summed E-state index contributed by atoms with van der Waals surface area (Å²) in [5.74, 6) is 0. The molecule has 1 saturated heterocycles. The van der Waals surface area contributed by atoms with Crippen LogP contribution in [0, 0.1) is 0 Å². The van der Waals surface area contributed by atoms with Gasteiger partial charge in [-0.3, -0.25) is 0 Å². The Balaban J connectivity index is 2.14. The highest BCUT2D eigenvalue weighted by atomic mass is 15.2. The number of nitrogens with one attached hydrogen (secondary N) is 1. The molecule has 3 radical (unpaired) electrons. The van der Waals surface area contributed by atoms with Crippen molar-refractivity contribution in [1.29, 1.82) is 0 Å². The van der Waals surface area contributed by atoms with Crippen molar-refractivity contribution in [2.75, 3.05) is 13.1 Å². The second kappa shape index (κ2) is 7.38. The molecule has 1 aliphatic heterocycles. The molecule has 0 atom stereocenters. The summed E-state index contributed by atoms with van der Waals surface area (Å²) in [5, 5.41) is 3.17. The predicted molar refractivity (Wildman–Crippen MR) is 63.6 cm³/mol. The Morgan fingerprint density at radius 3 is 1.86 bits per heavy atom. The smallest absolute Gasteiger partial charge is 0.290 e. The quantitative estimate of drug-likeness (QED) is 0.611. The minimum atomic E-state index is 1.11. The number of unbranched alkanes of at least 4 members (excludes halogenated alkanes) is 2. The van der Waals surface area contributed by atoms with Crippen LogP contribution in [-0.2, 0) is 0 Å². The zero-order valence-electron chi connectivity index (χ0n) is 9.37. The molecule has 0 unspecified atom stereocenters. The highest BCUT2D eigenvalue weighted by molar-refractivity contribution is 6.64. The molecular formula is C8H19B3N3. The van der Waals surface area contributed by atoms with Gasteiger partial charge in [-0.25, -0.2) is 0 Å². The van der Waals surface area contributed by atoms with Gasteiger partial charge in [0.05, 0.1) is 0 Å². The molecule has 0 saturated carbocycles. The van der Waals surface area contributed by atoms with Gasteiger partial charge in [0.25, 0.3) is 22.6 Å². The molecular weight excluding hydrogens is 171 g/mol. The highest BCUT2D eigenvalue weighted by Gasteiger charge is 2.20. The molecule has 0 aliphatic carbocycles. The zero-order valence-corrected chi connectivity index (χ0v) is 9.37. The molecule has 0 aromatic carbocycles. The summed E-state index contributed by atoms with van der Waals surface area (Å²) < 4.78 is 4.44. The molecule has 0 amide bonds. The molecule has 3 nitrogen and oxygen atoms in total. The molecule has 1 fully saturated rings. The maximum absolute atomic E-state index is 3.17. The molecule has 1 heterocycles. The molecule has 0 bridgehead atoms. The lowest BCUT2D eigenvalue weighted by Crippen LogP contribution is -2.60. The Morgan fingerprint density at radius 2 is 1.43 bits per heavy atom. The van der Waals surface area contributed by atoms with Crippen LogP contribution in [0.5, 0.6) is 0 Å². The van der Waals surface area contributed by atoms with Crippen molar-refractivity contribution in [3.63, 3.8) is 0 Å². The van der Waals surface area contributed by atoms with Crippen LogP contribution in [0.3, 0.4) is 0 Å². The Kier molecular flexibility index (Phi) is 6.40. The van der Waals surface area contributed by atoms with Crippen molar-refractivity contribution >= 4 is 22.6 Å². The maximum atomic E-state index is 3.17. The molecule has 6 heteroatoms. The van der Waals surface area contributed by atoms with Crippen LogP contribution in [0.25, 0.3) is 0 Å². The fourth-order valence-electron chi connectivity index (χ4n) is 1.41. The average molecular weight is 190 g/mol. The Bertz CT molecular complexity index is 134. The van der Waals surface area contributed by atoms with E-state index in [1.54, 1.807) is 0 Å². The fourth-order valence-corrected chi connectivity index (χ4v) is 1.41. The Hall–Kier alpha value is 0.0748. The van der Waals surface area contributed by atoms with E-state index in [2.05, 4.69) is 36.0 Å².